The first kappa shape index (κ1) is 15.5. The number of Topliss-reactive ketones (excluding diaryl/α,β-unsaturated/α-hetero) is 1. The third-order valence-electron chi connectivity index (χ3n) is 4.21. The maximum absolute atomic E-state index is 13.8. The summed E-state index contributed by atoms with van der Waals surface area (Å²) in [6.45, 7) is 0. The molecule has 0 spiro atoms. The van der Waals surface area contributed by atoms with Crippen LogP contribution in [-0.4, -0.2) is 18.5 Å². The molecule has 2 nitrogen and oxygen atoms in total. The van der Waals surface area contributed by atoms with Crippen molar-refractivity contribution in [1.29, 1.82) is 0 Å². The maximum atomic E-state index is 13.8. The molecule has 1 aliphatic rings. The summed E-state index contributed by atoms with van der Waals surface area (Å²) in [4.78, 5) is 12.6. The molecule has 110 valence electrons. The van der Waals surface area contributed by atoms with Crippen LogP contribution in [0, 0.1) is 5.82 Å². The van der Waals surface area contributed by atoms with E-state index < -0.39 is 11.4 Å². The van der Waals surface area contributed by atoms with Gasteiger partial charge in [0.2, 0.25) is 0 Å². The van der Waals surface area contributed by atoms with E-state index in [0.29, 0.717) is 17.9 Å². The van der Waals surface area contributed by atoms with Gasteiger partial charge >= 0.3 is 0 Å². The monoisotopic (exact) mass is 298 g/mol. The molecule has 0 heterocycles. The number of carbonyl (C=O) groups is 1. The second kappa shape index (κ2) is 6.68. The molecule has 1 aromatic carbocycles. The van der Waals surface area contributed by atoms with E-state index in [4.69, 9.17) is 16.3 Å². The first-order chi connectivity index (χ1) is 9.59. The van der Waals surface area contributed by atoms with Gasteiger partial charge in [-0.3, -0.25) is 4.79 Å². The highest BCUT2D eigenvalue weighted by molar-refractivity contribution is 6.31. The van der Waals surface area contributed by atoms with Crippen LogP contribution in [0.15, 0.2) is 18.2 Å². The van der Waals surface area contributed by atoms with Gasteiger partial charge in [0.1, 0.15) is 11.4 Å². The van der Waals surface area contributed by atoms with Gasteiger partial charge in [0.25, 0.3) is 0 Å². The molecule has 1 aromatic rings. The fourth-order valence-corrected chi connectivity index (χ4v) is 3.15. The molecular formula is C16H20ClFO2. The fourth-order valence-electron chi connectivity index (χ4n) is 2.92. The standard InChI is InChI=1S/C16H20ClFO2/c1-20-16(9-4-2-3-5-10-16)15(19)11-12-13(17)7-6-8-14(12)18/h6-8H,2-5,9-11H2,1H3. The summed E-state index contributed by atoms with van der Waals surface area (Å²) in [5.41, 5.74) is -0.484. The summed E-state index contributed by atoms with van der Waals surface area (Å²) in [5.74, 6) is -0.486. The number of ketones is 1. The molecule has 0 atom stereocenters. The molecule has 0 N–H and O–H groups in total. The van der Waals surface area contributed by atoms with Crippen LogP contribution >= 0.6 is 11.6 Å². The van der Waals surface area contributed by atoms with Gasteiger partial charge in [0, 0.05) is 24.1 Å². The van der Waals surface area contributed by atoms with Gasteiger partial charge in [0.05, 0.1) is 0 Å². The van der Waals surface area contributed by atoms with Crippen LogP contribution in [0.3, 0.4) is 0 Å². The van der Waals surface area contributed by atoms with Crippen LogP contribution in [-0.2, 0) is 16.0 Å². The van der Waals surface area contributed by atoms with Crippen molar-refractivity contribution in [1.82, 2.24) is 0 Å². The number of halogens is 2. The number of benzene rings is 1. The second-order valence-corrected chi connectivity index (χ2v) is 5.82. The van der Waals surface area contributed by atoms with Crippen molar-refractivity contribution < 1.29 is 13.9 Å². The van der Waals surface area contributed by atoms with Crippen LogP contribution in [0.25, 0.3) is 0 Å². The third-order valence-corrected chi connectivity index (χ3v) is 4.56. The molecule has 0 amide bonds. The molecule has 1 aliphatic carbocycles. The Labute approximate surface area is 124 Å². The fraction of sp³-hybridized carbons (Fsp3) is 0.562. The minimum Gasteiger partial charge on any atom is -0.370 e. The van der Waals surface area contributed by atoms with Gasteiger partial charge in [-0.25, -0.2) is 4.39 Å². The Balaban J connectivity index is 2.21. The van der Waals surface area contributed by atoms with Crippen molar-refractivity contribution in [2.45, 2.75) is 50.5 Å². The lowest BCUT2D eigenvalue weighted by atomic mass is 9.86. The van der Waals surface area contributed by atoms with E-state index in [1.807, 2.05) is 0 Å². The highest BCUT2D eigenvalue weighted by atomic mass is 35.5. The van der Waals surface area contributed by atoms with Crippen LogP contribution in [0.1, 0.15) is 44.1 Å². The normalized spacial score (nSPS) is 18.6. The first-order valence-corrected chi connectivity index (χ1v) is 7.48. The minimum absolute atomic E-state index is 0.000648. The highest BCUT2D eigenvalue weighted by Gasteiger charge is 2.38. The summed E-state index contributed by atoms with van der Waals surface area (Å²) in [6.07, 6.45) is 5.63. The summed E-state index contributed by atoms with van der Waals surface area (Å²) in [7, 11) is 1.58. The van der Waals surface area contributed by atoms with Gasteiger partial charge in [-0.1, -0.05) is 43.4 Å². The van der Waals surface area contributed by atoms with Crippen molar-refractivity contribution in [3.8, 4) is 0 Å². The van der Waals surface area contributed by atoms with E-state index >= 15 is 0 Å². The average Bonchev–Trinajstić information content (AvgIpc) is 2.69. The van der Waals surface area contributed by atoms with Crippen LogP contribution in [0.4, 0.5) is 4.39 Å². The number of hydrogen-bond acceptors (Lipinski definition) is 2. The van der Waals surface area contributed by atoms with Gasteiger partial charge < -0.3 is 4.74 Å². The molecule has 2 rings (SSSR count). The van der Waals surface area contributed by atoms with Crippen molar-refractivity contribution in [3.05, 3.63) is 34.6 Å². The lowest BCUT2D eigenvalue weighted by Crippen LogP contribution is -2.41. The van der Waals surface area contributed by atoms with Crippen molar-refractivity contribution in [3.63, 3.8) is 0 Å². The zero-order valence-corrected chi connectivity index (χ0v) is 12.5. The minimum atomic E-state index is -0.762. The van der Waals surface area contributed by atoms with E-state index in [1.165, 1.54) is 6.07 Å². The highest BCUT2D eigenvalue weighted by Crippen LogP contribution is 2.33. The SMILES string of the molecule is COC1(C(=O)Cc2c(F)cccc2Cl)CCCCCC1. The smallest absolute Gasteiger partial charge is 0.169 e. The molecule has 4 heteroatoms. The Bertz CT molecular complexity index is 459. The number of rotatable bonds is 4. The molecule has 20 heavy (non-hydrogen) atoms. The Morgan fingerprint density at radius 3 is 2.50 bits per heavy atom. The van der Waals surface area contributed by atoms with E-state index in [9.17, 15) is 9.18 Å². The average molecular weight is 299 g/mol. The van der Waals surface area contributed by atoms with Crippen molar-refractivity contribution in [2.24, 2.45) is 0 Å². The van der Waals surface area contributed by atoms with Gasteiger partial charge in [-0.15, -0.1) is 0 Å². The largest absolute Gasteiger partial charge is 0.370 e. The van der Waals surface area contributed by atoms with Gasteiger partial charge in [0.15, 0.2) is 5.78 Å². The summed E-state index contributed by atoms with van der Waals surface area (Å²) in [5, 5.41) is 0.304. The Morgan fingerprint density at radius 1 is 1.30 bits per heavy atom. The summed E-state index contributed by atoms with van der Waals surface area (Å²) < 4.78 is 19.4. The van der Waals surface area contributed by atoms with Crippen LogP contribution < -0.4 is 0 Å². The Hall–Kier alpha value is -0.930. The molecule has 0 aliphatic heterocycles. The second-order valence-electron chi connectivity index (χ2n) is 5.41. The number of ether oxygens (including phenoxy) is 1. The topological polar surface area (TPSA) is 26.3 Å². The molecule has 1 saturated carbocycles. The first-order valence-electron chi connectivity index (χ1n) is 7.10. The number of methoxy groups -OCH3 is 1. The Kier molecular flexibility index (Phi) is 5.17. The summed E-state index contributed by atoms with van der Waals surface area (Å²) >= 11 is 6.00. The number of hydrogen-bond donors (Lipinski definition) is 0. The summed E-state index contributed by atoms with van der Waals surface area (Å²) in [6, 6.07) is 4.49. The molecule has 0 unspecified atom stereocenters. The molecule has 0 saturated heterocycles. The lowest BCUT2D eigenvalue weighted by Gasteiger charge is -2.30. The van der Waals surface area contributed by atoms with Gasteiger partial charge in [-0.05, 0) is 25.0 Å². The zero-order valence-electron chi connectivity index (χ0n) is 11.8. The molecular weight excluding hydrogens is 279 g/mol. The lowest BCUT2D eigenvalue weighted by molar-refractivity contribution is -0.142. The van der Waals surface area contributed by atoms with E-state index in [-0.39, 0.29) is 17.8 Å². The zero-order chi connectivity index (χ0) is 14.6. The van der Waals surface area contributed by atoms with Crippen LogP contribution in [0.2, 0.25) is 5.02 Å². The maximum Gasteiger partial charge on any atom is 0.169 e. The quantitative estimate of drug-likeness (QED) is 0.773. The predicted octanol–water partition coefficient (Wildman–Crippen LogP) is 4.33. The molecule has 1 fully saturated rings. The van der Waals surface area contributed by atoms with E-state index in [0.717, 1.165) is 25.7 Å². The predicted molar refractivity (Wildman–Crippen MR) is 77.6 cm³/mol. The van der Waals surface area contributed by atoms with Crippen LogP contribution in [0.5, 0.6) is 0 Å². The van der Waals surface area contributed by atoms with E-state index in [1.54, 1.807) is 19.2 Å². The number of carbonyl (C=O) groups excluding carboxylic acids is 1. The van der Waals surface area contributed by atoms with E-state index in [2.05, 4.69) is 0 Å². The van der Waals surface area contributed by atoms with Crippen molar-refractivity contribution >= 4 is 17.4 Å². The van der Waals surface area contributed by atoms with Gasteiger partial charge in [-0.2, -0.15) is 0 Å². The molecule has 0 radical (unpaired) electrons. The Morgan fingerprint density at radius 2 is 1.95 bits per heavy atom. The van der Waals surface area contributed by atoms with Crippen molar-refractivity contribution in [2.75, 3.05) is 7.11 Å². The third kappa shape index (κ3) is 3.21. The molecule has 0 bridgehead atoms. The molecule has 0 aromatic heterocycles.